The molecule has 0 aliphatic rings. The molecule has 1 amide bonds. The van der Waals surface area contributed by atoms with E-state index in [-0.39, 0.29) is 5.91 Å². The average molecular weight is 377 g/mol. The van der Waals surface area contributed by atoms with Gasteiger partial charge in [0.1, 0.15) is 11.8 Å². The zero-order valence-corrected chi connectivity index (χ0v) is 15.4. The van der Waals surface area contributed by atoms with E-state index in [4.69, 9.17) is 11.6 Å². The predicted molar refractivity (Wildman–Crippen MR) is 106 cm³/mol. The summed E-state index contributed by atoms with van der Waals surface area (Å²) in [6, 6.07) is 16.8. The van der Waals surface area contributed by atoms with Gasteiger partial charge in [0.15, 0.2) is 5.65 Å². The lowest BCUT2D eigenvalue weighted by Gasteiger charge is -2.11. The first-order chi connectivity index (χ1) is 13.1. The third-order valence-electron chi connectivity index (χ3n) is 4.38. The molecule has 0 fully saturated rings. The highest BCUT2D eigenvalue weighted by Crippen LogP contribution is 2.21. The van der Waals surface area contributed by atoms with Gasteiger partial charge in [-0.2, -0.15) is 0 Å². The Morgan fingerprint density at radius 3 is 2.85 bits per heavy atom. The first-order valence-electron chi connectivity index (χ1n) is 8.53. The van der Waals surface area contributed by atoms with Gasteiger partial charge in [0.05, 0.1) is 5.69 Å². The summed E-state index contributed by atoms with van der Waals surface area (Å²) in [6.45, 7) is 2.41. The fourth-order valence-electron chi connectivity index (χ4n) is 2.97. The summed E-state index contributed by atoms with van der Waals surface area (Å²) in [5.41, 5.74) is 5.02. The molecule has 4 aromatic rings. The van der Waals surface area contributed by atoms with Gasteiger partial charge in [-0.15, -0.1) is 0 Å². The molecule has 0 unspecified atom stereocenters. The zero-order valence-electron chi connectivity index (χ0n) is 14.7. The van der Waals surface area contributed by atoms with E-state index in [1.165, 1.54) is 0 Å². The number of fused-ring (bicyclic) bond motifs is 1. The maximum atomic E-state index is 12.6. The summed E-state index contributed by atoms with van der Waals surface area (Å²) in [6.07, 6.45) is 3.46. The number of aromatic nitrogens is 3. The van der Waals surface area contributed by atoms with Gasteiger partial charge in [-0.1, -0.05) is 29.8 Å². The van der Waals surface area contributed by atoms with Crippen LogP contribution < -0.4 is 5.32 Å². The van der Waals surface area contributed by atoms with Crippen LogP contribution in [-0.2, 0) is 6.54 Å². The lowest BCUT2D eigenvalue weighted by Crippen LogP contribution is -2.23. The van der Waals surface area contributed by atoms with Crippen molar-refractivity contribution >= 4 is 28.7 Å². The summed E-state index contributed by atoms with van der Waals surface area (Å²) >= 11 is 5.99. The van der Waals surface area contributed by atoms with E-state index in [1.807, 2.05) is 66.1 Å². The third kappa shape index (κ3) is 3.55. The van der Waals surface area contributed by atoms with Crippen LogP contribution in [-0.4, -0.2) is 20.4 Å². The van der Waals surface area contributed by atoms with Gasteiger partial charge in [-0.05, 0) is 54.4 Å². The van der Waals surface area contributed by atoms with Gasteiger partial charge >= 0.3 is 0 Å². The number of imidazole rings is 1. The van der Waals surface area contributed by atoms with Crippen LogP contribution in [0.1, 0.15) is 21.5 Å². The number of carbonyl (C=O) groups excluding carboxylic acids is 1. The van der Waals surface area contributed by atoms with Gasteiger partial charge in [-0.3, -0.25) is 9.36 Å². The number of nitrogens with zero attached hydrogens (tertiary/aromatic N) is 3. The number of aryl methyl sites for hydroxylation is 1. The number of carbonyl (C=O) groups is 1. The van der Waals surface area contributed by atoms with Gasteiger partial charge in [-0.25, -0.2) is 9.97 Å². The fraction of sp³-hybridized carbons (Fsp3) is 0.0952. The lowest BCUT2D eigenvalue weighted by molar-refractivity contribution is 0.0951. The van der Waals surface area contributed by atoms with Crippen molar-refractivity contribution in [1.82, 2.24) is 19.9 Å². The van der Waals surface area contributed by atoms with Crippen LogP contribution >= 0.6 is 11.6 Å². The largest absolute Gasteiger partial charge is 0.348 e. The van der Waals surface area contributed by atoms with E-state index in [1.54, 1.807) is 12.5 Å². The third-order valence-corrected chi connectivity index (χ3v) is 4.61. The summed E-state index contributed by atoms with van der Waals surface area (Å²) in [5.74, 6) is -0.145. The van der Waals surface area contributed by atoms with Crippen LogP contribution in [0, 0.1) is 6.92 Å². The Bertz CT molecular complexity index is 1140. The molecule has 6 heteroatoms. The van der Waals surface area contributed by atoms with Crippen LogP contribution in [0.2, 0.25) is 5.02 Å². The summed E-state index contributed by atoms with van der Waals surface area (Å²) < 4.78 is 1.90. The number of benzene rings is 2. The number of pyridine rings is 1. The monoisotopic (exact) mass is 376 g/mol. The molecule has 2 aromatic carbocycles. The molecule has 0 saturated heterocycles. The van der Waals surface area contributed by atoms with Crippen LogP contribution in [0.4, 0.5) is 0 Å². The molecular weight excluding hydrogens is 360 g/mol. The second-order valence-electron chi connectivity index (χ2n) is 6.27. The molecule has 0 aliphatic carbocycles. The minimum Gasteiger partial charge on any atom is -0.348 e. The Labute approximate surface area is 161 Å². The number of hydrogen-bond donors (Lipinski definition) is 1. The van der Waals surface area contributed by atoms with E-state index < -0.39 is 0 Å². The number of rotatable bonds is 4. The quantitative estimate of drug-likeness (QED) is 0.577. The van der Waals surface area contributed by atoms with Crippen LogP contribution in [0.25, 0.3) is 16.9 Å². The zero-order chi connectivity index (χ0) is 18.8. The smallest absolute Gasteiger partial charge is 0.251 e. The van der Waals surface area contributed by atoms with Crippen LogP contribution in [0.15, 0.2) is 67.1 Å². The minimum atomic E-state index is -0.145. The predicted octanol–water partition coefficient (Wildman–Crippen LogP) is 4.31. The summed E-state index contributed by atoms with van der Waals surface area (Å²) in [7, 11) is 0. The molecule has 4 rings (SSSR count). The van der Waals surface area contributed by atoms with Crippen molar-refractivity contribution in [1.29, 1.82) is 0 Å². The fourth-order valence-corrected chi connectivity index (χ4v) is 3.18. The Morgan fingerprint density at radius 1 is 1.11 bits per heavy atom. The molecule has 134 valence electrons. The molecule has 27 heavy (non-hydrogen) atoms. The highest BCUT2D eigenvalue weighted by atomic mass is 35.5. The van der Waals surface area contributed by atoms with Gasteiger partial charge in [0.25, 0.3) is 5.91 Å². The van der Waals surface area contributed by atoms with E-state index in [0.717, 1.165) is 28.0 Å². The van der Waals surface area contributed by atoms with Crippen molar-refractivity contribution in [2.75, 3.05) is 0 Å². The van der Waals surface area contributed by atoms with Gasteiger partial charge in [0, 0.05) is 23.3 Å². The van der Waals surface area contributed by atoms with Gasteiger partial charge in [0.2, 0.25) is 0 Å². The summed E-state index contributed by atoms with van der Waals surface area (Å²) in [5, 5.41) is 3.59. The van der Waals surface area contributed by atoms with Crippen LogP contribution in [0.5, 0.6) is 0 Å². The van der Waals surface area contributed by atoms with Crippen molar-refractivity contribution in [2.45, 2.75) is 13.5 Å². The molecular formula is C21H17ClN4O. The molecule has 5 nitrogen and oxygen atoms in total. The number of nitrogens with one attached hydrogen (secondary N) is 1. The second kappa shape index (κ2) is 7.21. The van der Waals surface area contributed by atoms with E-state index >= 15 is 0 Å². The maximum absolute atomic E-state index is 12.6. The Hall–Kier alpha value is -3.18. The van der Waals surface area contributed by atoms with Gasteiger partial charge < -0.3 is 5.32 Å². The Kier molecular flexibility index (Phi) is 4.60. The van der Waals surface area contributed by atoms with Crippen molar-refractivity contribution in [3.8, 4) is 5.69 Å². The Balaban J connectivity index is 1.61. The van der Waals surface area contributed by atoms with E-state index in [9.17, 15) is 4.79 Å². The molecule has 0 atom stereocenters. The minimum absolute atomic E-state index is 0.145. The highest BCUT2D eigenvalue weighted by Gasteiger charge is 2.12. The molecule has 1 N–H and O–H groups in total. The molecule has 0 saturated carbocycles. The molecule has 0 radical (unpaired) electrons. The standard InChI is InChI=1S/C21H17ClN4O/c1-14-7-8-16(21(27)24-12-15-4-2-5-17(22)10-15)11-19(14)26-13-25-18-6-3-9-23-20(18)26/h2-11,13H,12H2,1H3,(H,24,27). The first-order valence-corrected chi connectivity index (χ1v) is 8.91. The molecule has 0 aliphatic heterocycles. The summed E-state index contributed by atoms with van der Waals surface area (Å²) in [4.78, 5) is 21.4. The second-order valence-corrected chi connectivity index (χ2v) is 6.71. The SMILES string of the molecule is Cc1ccc(C(=O)NCc2cccc(Cl)c2)cc1-n1cnc2cccnc21. The molecule has 2 aromatic heterocycles. The van der Waals surface area contributed by atoms with Crippen molar-refractivity contribution in [2.24, 2.45) is 0 Å². The number of amides is 1. The highest BCUT2D eigenvalue weighted by molar-refractivity contribution is 6.30. The van der Waals surface area contributed by atoms with Crippen LogP contribution in [0.3, 0.4) is 0 Å². The number of halogens is 1. The van der Waals surface area contributed by atoms with Crippen molar-refractivity contribution in [3.05, 3.63) is 88.8 Å². The van der Waals surface area contributed by atoms with Crippen molar-refractivity contribution < 1.29 is 4.79 Å². The molecule has 0 spiro atoms. The van der Waals surface area contributed by atoms with E-state index in [2.05, 4.69) is 15.3 Å². The normalized spacial score (nSPS) is 10.9. The Morgan fingerprint density at radius 2 is 2.00 bits per heavy atom. The number of hydrogen-bond acceptors (Lipinski definition) is 3. The van der Waals surface area contributed by atoms with Crippen molar-refractivity contribution in [3.63, 3.8) is 0 Å². The molecule has 0 bridgehead atoms. The molecule has 2 heterocycles. The maximum Gasteiger partial charge on any atom is 0.251 e. The topological polar surface area (TPSA) is 59.8 Å². The average Bonchev–Trinajstić information content (AvgIpc) is 3.10. The lowest BCUT2D eigenvalue weighted by atomic mass is 10.1. The van der Waals surface area contributed by atoms with E-state index in [0.29, 0.717) is 17.1 Å². The first kappa shape index (κ1) is 17.2.